The van der Waals surface area contributed by atoms with Crippen molar-refractivity contribution in [1.29, 1.82) is 0 Å². The molecule has 0 aliphatic heterocycles. The molecule has 1 aromatic heterocycles. The van der Waals surface area contributed by atoms with Crippen molar-refractivity contribution in [3.8, 4) is 0 Å². The normalized spacial score (nSPS) is 10.7. The number of hydrogen-bond acceptors (Lipinski definition) is 3. The predicted molar refractivity (Wildman–Crippen MR) is 61.1 cm³/mol. The Balaban J connectivity index is 2.97. The van der Waals surface area contributed by atoms with Crippen LogP contribution in [0.3, 0.4) is 0 Å². The molecule has 0 unspecified atom stereocenters. The minimum atomic E-state index is -0.0644. The summed E-state index contributed by atoms with van der Waals surface area (Å²) in [6, 6.07) is 1.67. The third-order valence-corrected chi connectivity index (χ3v) is 2.31. The first kappa shape index (κ1) is 11.7. The number of ketones is 1. The molecule has 0 atom stereocenters. The molecule has 0 N–H and O–H groups in total. The van der Waals surface area contributed by atoms with Crippen molar-refractivity contribution in [2.45, 2.75) is 6.92 Å². The molecule has 1 rings (SSSR count). The molecule has 0 amide bonds. The Morgan fingerprint density at radius 2 is 2.20 bits per heavy atom. The smallest absolute Gasteiger partial charge is 0.187 e. The first-order valence-electron chi connectivity index (χ1n) is 4.52. The maximum Gasteiger partial charge on any atom is 0.187 e. The average molecular weight is 225 g/mol. The van der Waals surface area contributed by atoms with Gasteiger partial charge in [0.15, 0.2) is 5.78 Å². The van der Waals surface area contributed by atoms with E-state index in [1.165, 1.54) is 12.3 Å². The fraction of sp³-hybridized carbons (Fsp3) is 0.273. The van der Waals surface area contributed by atoms with Crippen LogP contribution in [0.1, 0.15) is 15.9 Å². The van der Waals surface area contributed by atoms with E-state index in [-0.39, 0.29) is 5.78 Å². The van der Waals surface area contributed by atoms with Gasteiger partial charge >= 0.3 is 0 Å². The molecule has 0 aliphatic rings. The Labute approximate surface area is 94.4 Å². The zero-order chi connectivity index (χ0) is 11.4. The van der Waals surface area contributed by atoms with Crippen molar-refractivity contribution in [2.75, 3.05) is 14.1 Å². The first-order valence-corrected chi connectivity index (χ1v) is 4.90. The molecule has 0 spiro atoms. The van der Waals surface area contributed by atoms with Gasteiger partial charge in [0.05, 0.1) is 0 Å². The molecule has 0 radical (unpaired) electrons. The summed E-state index contributed by atoms with van der Waals surface area (Å²) in [5.41, 5.74) is 1.31. The van der Waals surface area contributed by atoms with E-state index in [1.807, 2.05) is 14.1 Å². The predicted octanol–water partition coefficient (Wildman–Crippen LogP) is 2.30. The number of hydrogen-bond donors (Lipinski definition) is 0. The molecule has 15 heavy (non-hydrogen) atoms. The summed E-state index contributed by atoms with van der Waals surface area (Å²) < 4.78 is 0. The maximum atomic E-state index is 11.7. The van der Waals surface area contributed by atoms with Crippen LogP contribution in [-0.2, 0) is 0 Å². The third-order valence-electron chi connectivity index (χ3n) is 1.93. The van der Waals surface area contributed by atoms with Crippen molar-refractivity contribution >= 4 is 17.4 Å². The molecule has 0 saturated heterocycles. The average Bonchev–Trinajstić information content (AvgIpc) is 2.18. The van der Waals surface area contributed by atoms with Gasteiger partial charge in [0.2, 0.25) is 0 Å². The lowest BCUT2D eigenvalue weighted by Gasteiger charge is -2.05. The summed E-state index contributed by atoms with van der Waals surface area (Å²) in [5.74, 6) is -0.0644. The van der Waals surface area contributed by atoms with Crippen LogP contribution in [0.5, 0.6) is 0 Å². The van der Waals surface area contributed by atoms with Gasteiger partial charge in [-0.1, -0.05) is 11.6 Å². The second-order valence-corrected chi connectivity index (χ2v) is 3.78. The van der Waals surface area contributed by atoms with Gasteiger partial charge in [-0.05, 0) is 18.6 Å². The highest BCUT2D eigenvalue weighted by Gasteiger charge is 2.08. The van der Waals surface area contributed by atoms with Crippen LogP contribution in [0, 0.1) is 6.92 Å². The molecule has 0 fully saturated rings. The number of pyridine rings is 1. The Morgan fingerprint density at radius 1 is 1.53 bits per heavy atom. The lowest BCUT2D eigenvalue weighted by atomic mass is 10.1. The lowest BCUT2D eigenvalue weighted by molar-refractivity contribution is 0.104. The topological polar surface area (TPSA) is 33.2 Å². The largest absolute Gasteiger partial charge is 0.383 e. The summed E-state index contributed by atoms with van der Waals surface area (Å²) in [6.07, 6.45) is 4.75. The zero-order valence-corrected chi connectivity index (χ0v) is 9.75. The van der Waals surface area contributed by atoms with Gasteiger partial charge < -0.3 is 4.90 Å². The Morgan fingerprint density at radius 3 is 2.80 bits per heavy atom. The molecular formula is C11H13ClN2O. The number of allylic oxidation sites excluding steroid dienone is 1. The van der Waals surface area contributed by atoms with E-state index in [2.05, 4.69) is 4.98 Å². The van der Waals surface area contributed by atoms with Gasteiger partial charge in [0.1, 0.15) is 5.15 Å². The Kier molecular flexibility index (Phi) is 3.86. The van der Waals surface area contributed by atoms with E-state index in [9.17, 15) is 4.79 Å². The molecule has 0 bridgehead atoms. The van der Waals surface area contributed by atoms with E-state index >= 15 is 0 Å². The number of rotatable bonds is 3. The summed E-state index contributed by atoms with van der Waals surface area (Å²) in [4.78, 5) is 17.4. The molecule has 0 aromatic carbocycles. The molecule has 1 heterocycles. The van der Waals surface area contributed by atoms with Crippen LogP contribution < -0.4 is 0 Å². The van der Waals surface area contributed by atoms with Gasteiger partial charge in [0.25, 0.3) is 0 Å². The van der Waals surface area contributed by atoms with Crippen molar-refractivity contribution in [2.24, 2.45) is 0 Å². The van der Waals surface area contributed by atoms with E-state index < -0.39 is 0 Å². The lowest BCUT2D eigenvalue weighted by Crippen LogP contribution is -2.04. The minimum absolute atomic E-state index is 0.0644. The maximum absolute atomic E-state index is 11.7. The second kappa shape index (κ2) is 4.94. The van der Waals surface area contributed by atoms with E-state index in [4.69, 9.17) is 11.6 Å². The fourth-order valence-electron chi connectivity index (χ4n) is 1.08. The van der Waals surface area contributed by atoms with Gasteiger partial charge in [-0.25, -0.2) is 4.98 Å². The van der Waals surface area contributed by atoms with Crippen LogP contribution >= 0.6 is 11.6 Å². The van der Waals surface area contributed by atoms with Crippen molar-refractivity contribution in [3.63, 3.8) is 0 Å². The van der Waals surface area contributed by atoms with E-state index in [0.29, 0.717) is 16.3 Å². The Bertz CT molecular complexity index is 400. The quantitative estimate of drug-likeness (QED) is 0.449. The van der Waals surface area contributed by atoms with E-state index in [0.717, 1.165) is 0 Å². The number of aromatic nitrogens is 1. The van der Waals surface area contributed by atoms with Crippen LogP contribution in [0.25, 0.3) is 0 Å². The molecule has 80 valence electrons. The molecule has 0 saturated carbocycles. The molecule has 0 aliphatic carbocycles. The highest BCUT2D eigenvalue weighted by atomic mass is 35.5. The van der Waals surface area contributed by atoms with Gasteiger partial charge in [-0.2, -0.15) is 0 Å². The van der Waals surface area contributed by atoms with Gasteiger partial charge in [-0.15, -0.1) is 0 Å². The number of halogens is 1. The molecule has 3 nitrogen and oxygen atoms in total. The van der Waals surface area contributed by atoms with Crippen molar-refractivity contribution in [3.05, 3.63) is 40.8 Å². The number of carbonyl (C=O) groups excluding carboxylic acids is 1. The van der Waals surface area contributed by atoms with Crippen molar-refractivity contribution in [1.82, 2.24) is 9.88 Å². The molecule has 1 aromatic rings. The van der Waals surface area contributed by atoms with Crippen LogP contribution in [0.2, 0.25) is 5.15 Å². The summed E-state index contributed by atoms with van der Waals surface area (Å²) in [5, 5.41) is 0.374. The summed E-state index contributed by atoms with van der Waals surface area (Å²) in [7, 11) is 3.71. The van der Waals surface area contributed by atoms with Crippen molar-refractivity contribution < 1.29 is 4.79 Å². The standard InChI is InChI=1S/C11H13ClN2O/c1-8-9(4-6-13-11(8)12)10(15)5-7-14(2)3/h4-7H,1-3H3. The number of carbonyl (C=O) groups is 1. The Hall–Kier alpha value is -1.35. The molecule has 4 heteroatoms. The number of nitrogens with zero attached hydrogens (tertiary/aromatic N) is 2. The molecular weight excluding hydrogens is 212 g/mol. The third kappa shape index (κ3) is 3.06. The fourth-order valence-corrected chi connectivity index (χ4v) is 1.24. The summed E-state index contributed by atoms with van der Waals surface area (Å²) in [6.45, 7) is 1.78. The highest BCUT2D eigenvalue weighted by molar-refractivity contribution is 6.30. The van der Waals surface area contributed by atoms with E-state index in [1.54, 1.807) is 24.1 Å². The summed E-state index contributed by atoms with van der Waals surface area (Å²) >= 11 is 5.82. The van der Waals surface area contributed by atoms with Crippen LogP contribution in [-0.4, -0.2) is 29.8 Å². The van der Waals surface area contributed by atoms with Gasteiger partial charge in [-0.3, -0.25) is 4.79 Å². The van der Waals surface area contributed by atoms with Gasteiger partial charge in [0, 0.05) is 38.1 Å². The zero-order valence-electron chi connectivity index (χ0n) is 8.99. The SMILES string of the molecule is Cc1c(C(=O)C=CN(C)C)ccnc1Cl. The monoisotopic (exact) mass is 224 g/mol. The second-order valence-electron chi connectivity index (χ2n) is 3.42. The van der Waals surface area contributed by atoms with Crippen LogP contribution in [0.15, 0.2) is 24.5 Å². The minimum Gasteiger partial charge on any atom is -0.383 e. The van der Waals surface area contributed by atoms with Crippen LogP contribution in [0.4, 0.5) is 0 Å². The first-order chi connectivity index (χ1) is 7.02. The highest BCUT2D eigenvalue weighted by Crippen LogP contribution is 2.16.